The number of piperidine rings is 2. The Bertz CT molecular complexity index is 638. The minimum absolute atomic E-state index is 0.106. The number of amides is 2. The van der Waals surface area contributed by atoms with E-state index in [2.05, 4.69) is 4.98 Å². The predicted octanol–water partition coefficient (Wildman–Crippen LogP) is 0.213. The number of imidazole rings is 1. The van der Waals surface area contributed by atoms with Gasteiger partial charge < -0.3 is 25.2 Å². The molecule has 8 nitrogen and oxygen atoms in total. The molecule has 2 amide bonds. The summed E-state index contributed by atoms with van der Waals surface area (Å²) < 4.78 is 2.03. The Morgan fingerprint density at radius 3 is 2.70 bits per heavy atom. The molecule has 0 aliphatic carbocycles. The van der Waals surface area contributed by atoms with Crippen molar-refractivity contribution in [3.63, 3.8) is 0 Å². The molecule has 1 aromatic rings. The van der Waals surface area contributed by atoms with Gasteiger partial charge >= 0.3 is 0 Å². The Morgan fingerprint density at radius 2 is 2.07 bits per heavy atom. The monoisotopic (exact) mass is 377 g/mol. The van der Waals surface area contributed by atoms with E-state index in [9.17, 15) is 14.7 Å². The quantitative estimate of drug-likeness (QED) is 0.738. The Labute approximate surface area is 160 Å². The molecule has 8 heteroatoms. The van der Waals surface area contributed by atoms with Crippen molar-refractivity contribution in [3.05, 3.63) is 18.7 Å². The molecule has 2 saturated heterocycles. The van der Waals surface area contributed by atoms with Crippen molar-refractivity contribution in [2.45, 2.75) is 57.7 Å². The molecule has 3 heterocycles. The lowest BCUT2D eigenvalue weighted by atomic mass is 9.72. The van der Waals surface area contributed by atoms with Gasteiger partial charge in [-0.05, 0) is 38.0 Å². The normalized spacial score (nSPS) is 22.1. The summed E-state index contributed by atoms with van der Waals surface area (Å²) in [5.41, 5.74) is 5.90. The van der Waals surface area contributed by atoms with E-state index in [0.717, 1.165) is 45.3 Å². The van der Waals surface area contributed by atoms with Gasteiger partial charge in [0.05, 0.1) is 12.4 Å². The summed E-state index contributed by atoms with van der Waals surface area (Å²) in [6.45, 7) is 5.24. The fourth-order valence-corrected chi connectivity index (χ4v) is 4.20. The first kappa shape index (κ1) is 19.8. The smallest absolute Gasteiger partial charge is 0.242 e. The summed E-state index contributed by atoms with van der Waals surface area (Å²) in [6, 6.07) is -0.855. The number of aryl methyl sites for hydroxylation is 1. The van der Waals surface area contributed by atoms with Crippen molar-refractivity contribution in [3.8, 4) is 0 Å². The molecule has 0 unspecified atom stereocenters. The molecule has 27 heavy (non-hydrogen) atoms. The van der Waals surface area contributed by atoms with Crippen LogP contribution in [0.1, 0.15) is 39.0 Å². The van der Waals surface area contributed by atoms with Gasteiger partial charge in [0.25, 0.3) is 0 Å². The SMILES string of the molecule is C[C@@H](O)[C@H](N)C(=O)N1CCC2(CCC(=O)N(CCCn3ccnc3)C2)CC1. The highest BCUT2D eigenvalue weighted by Gasteiger charge is 2.42. The maximum absolute atomic E-state index is 12.3. The summed E-state index contributed by atoms with van der Waals surface area (Å²) in [5.74, 6) is 0.0600. The second-order valence-corrected chi connectivity index (χ2v) is 8.06. The number of hydrogen-bond acceptors (Lipinski definition) is 5. The van der Waals surface area contributed by atoms with Crippen LogP contribution >= 0.6 is 0 Å². The summed E-state index contributed by atoms with van der Waals surface area (Å²) in [7, 11) is 0. The molecule has 0 aromatic carbocycles. The number of nitrogens with zero attached hydrogens (tertiary/aromatic N) is 4. The van der Waals surface area contributed by atoms with Crippen molar-refractivity contribution in [2.24, 2.45) is 11.1 Å². The third-order valence-corrected chi connectivity index (χ3v) is 6.09. The minimum Gasteiger partial charge on any atom is -0.391 e. The highest BCUT2D eigenvalue weighted by molar-refractivity contribution is 5.82. The van der Waals surface area contributed by atoms with Crippen molar-refractivity contribution in [1.29, 1.82) is 0 Å². The van der Waals surface area contributed by atoms with Crippen LogP contribution in [0.15, 0.2) is 18.7 Å². The Morgan fingerprint density at radius 1 is 1.33 bits per heavy atom. The average Bonchev–Trinajstić information content (AvgIpc) is 3.17. The fraction of sp³-hybridized carbons (Fsp3) is 0.737. The Balaban J connectivity index is 1.51. The van der Waals surface area contributed by atoms with E-state index in [0.29, 0.717) is 19.5 Å². The predicted molar refractivity (Wildman–Crippen MR) is 101 cm³/mol. The molecule has 1 aromatic heterocycles. The molecule has 2 aliphatic rings. The molecule has 0 bridgehead atoms. The third kappa shape index (κ3) is 4.68. The van der Waals surface area contributed by atoms with Gasteiger partial charge in [-0.15, -0.1) is 0 Å². The van der Waals surface area contributed by atoms with Gasteiger partial charge in [0.2, 0.25) is 11.8 Å². The summed E-state index contributed by atoms with van der Waals surface area (Å²) in [5, 5.41) is 9.56. The topological polar surface area (TPSA) is 105 Å². The van der Waals surface area contributed by atoms with E-state index >= 15 is 0 Å². The Hall–Kier alpha value is -1.93. The number of carbonyl (C=O) groups excluding carboxylic acids is 2. The molecular weight excluding hydrogens is 346 g/mol. The van der Waals surface area contributed by atoms with Crippen molar-refractivity contribution in [1.82, 2.24) is 19.4 Å². The lowest BCUT2D eigenvalue weighted by molar-refractivity contribution is -0.144. The van der Waals surface area contributed by atoms with Crippen LogP contribution in [0.25, 0.3) is 0 Å². The van der Waals surface area contributed by atoms with Crippen LogP contribution in [-0.2, 0) is 16.1 Å². The van der Waals surface area contributed by atoms with Gasteiger partial charge in [0, 0.05) is 51.5 Å². The number of carbonyl (C=O) groups is 2. The number of aromatic nitrogens is 2. The van der Waals surface area contributed by atoms with Gasteiger partial charge in [-0.3, -0.25) is 9.59 Å². The van der Waals surface area contributed by atoms with Crippen LogP contribution in [0.3, 0.4) is 0 Å². The summed E-state index contributed by atoms with van der Waals surface area (Å²) in [4.78, 5) is 32.5. The number of aliphatic hydroxyl groups is 1. The van der Waals surface area contributed by atoms with E-state index in [1.807, 2.05) is 15.7 Å². The second-order valence-electron chi connectivity index (χ2n) is 8.06. The zero-order valence-corrected chi connectivity index (χ0v) is 16.1. The van der Waals surface area contributed by atoms with Crippen LogP contribution in [0.4, 0.5) is 0 Å². The third-order valence-electron chi connectivity index (χ3n) is 6.09. The molecule has 0 saturated carbocycles. The van der Waals surface area contributed by atoms with Crippen molar-refractivity contribution < 1.29 is 14.7 Å². The van der Waals surface area contributed by atoms with Gasteiger partial charge in [-0.1, -0.05) is 0 Å². The van der Waals surface area contributed by atoms with Gasteiger partial charge in [0.15, 0.2) is 0 Å². The number of nitrogens with two attached hydrogens (primary N) is 1. The summed E-state index contributed by atoms with van der Waals surface area (Å²) in [6.07, 6.45) is 8.82. The average molecular weight is 377 g/mol. The maximum atomic E-state index is 12.3. The highest BCUT2D eigenvalue weighted by atomic mass is 16.3. The Kier molecular flexibility index (Phi) is 6.16. The lowest BCUT2D eigenvalue weighted by Gasteiger charge is -2.47. The number of likely N-dealkylation sites (tertiary alicyclic amines) is 2. The van der Waals surface area contributed by atoms with Crippen LogP contribution in [0.2, 0.25) is 0 Å². The number of rotatable bonds is 6. The molecule has 2 fully saturated rings. The maximum Gasteiger partial charge on any atom is 0.242 e. The van der Waals surface area contributed by atoms with Crippen molar-refractivity contribution in [2.75, 3.05) is 26.2 Å². The van der Waals surface area contributed by atoms with Crippen LogP contribution in [0, 0.1) is 5.41 Å². The van der Waals surface area contributed by atoms with Gasteiger partial charge in [0.1, 0.15) is 6.04 Å². The van der Waals surface area contributed by atoms with E-state index in [1.165, 1.54) is 0 Å². The first-order valence-corrected chi connectivity index (χ1v) is 9.86. The highest BCUT2D eigenvalue weighted by Crippen LogP contribution is 2.40. The van der Waals surface area contributed by atoms with E-state index in [1.54, 1.807) is 24.3 Å². The molecule has 0 radical (unpaired) electrons. The molecule has 2 aliphatic heterocycles. The number of hydrogen-bond donors (Lipinski definition) is 2. The largest absolute Gasteiger partial charge is 0.391 e. The molecule has 2 atom stereocenters. The van der Waals surface area contributed by atoms with E-state index < -0.39 is 12.1 Å². The number of aliphatic hydroxyl groups excluding tert-OH is 1. The zero-order valence-electron chi connectivity index (χ0n) is 16.1. The van der Waals surface area contributed by atoms with Crippen molar-refractivity contribution >= 4 is 11.8 Å². The van der Waals surface area contributed by atoms with Gasteiger partial charge in [-0.25, -0.2) is 4.98 Å². The lowest BCUT2D eigenvalue weighted by Crippen LogP contribution is -2.56. The van der Waals surface area contributed by atoms with E-state index in [4.69, 9.17) is 5.73 Å². The first-order chi connectivity index (χ1) is 12.9. The van der Waals surface area contributed by atoms with Crippen LogP contribution in [-0.4, -0.2) is 74.6 Å². The van der Waals surface area contributed by atoms with Gasteiger partial charge in [-0.2, -0.15) is 0 Å². The fourth-order valence-electron chi connectivity index (χ4n) is 4.20. The summed E-state index contributed by atoms with van der Waals surface area (Å²) >= 11 is 0. The van der Waals surface area contributed by atoms with Crippen LogP contribution < -0.4 is 5.73 Å². The minimum atomic E-state index is -0.855. The zero-order chi connectivity index (χ0) is 19.4. The van der Waals surface area contributed by atoms with E-state index in [-0.39, 0.29) is 17.2 Å². The molecule has 1 spiro atoms. The molecule has 150 valence electrons. The molecule has 3 N–H and O–H groups in total. The second kappa shape index (κ2) is 8.39. The first-order valence-electron chi connectivity index (χ1n) is 9.86. The van der Waals surface area contributed by atoms with Crippen LogP contribution in [0.5, 0.6) is 0 Å². The molecular formula is C19H31N5O3. The molecule has 3 rings (SSSR count). The standard InChI is InChI=1S/C19H31N5O3/c1-15(25)17(20)18(27)23-10-5-19(6-11-23)4-3-16(26)24(13-19)9-2-8-22-12-7-21-14-22/h7,12,14-15,17,25H,2-6,8-11,13,20H2,1H3/t15-,17+/m1/s1.